The van der Waals surface area contributed by atoms with Crippen molar-refractivity contribution in [2.75, 3.05) is 13.1 Å². The van der Waals surface area contributed by atoms with Crippen molar-refractivity contribution in [3.05, 3.63) is 0 Å². The Morgan fingerprint density at radius 1 is 1.44 bits per heavy atom. The summed E-state index contributed by atoms with van der Waals surface area (Å²) in [6, 6.07) is -0.741. The first kappa shape index (κ1) is 13.0. The first-order chi connectivity index (χ1) is 7.63. The van der Waals surface area contributed by atoms with E-state index in [1.54, 1.807) is 6.92 Å². The third-order valence-electron chi connectivity index (χ3n) is 2.97. The maximum atomic E-state index is 11.6. The number of rotatable bonds is 5. The van der Waals surface area contributed by atoms with Crippen molar-refractivity contribution >= 4 is 11.9 Å². The molecule has 1 fully saturated rings. The predicted octanol–water partition coefficient (Wildman–Crippen LogP) is 0.355. The quantitative estimate of drug-likeness (QED) is 0.634. The van der Waals surface area contributed by atoms with Crippen LogP contribution in [0.2, 0.25) is 0 Å². The van der Waals surface area contributed by atoms with Crippen molar-refractivity contribution in [2.24, 2.45) is 5.92 Å². The van der Waals surface area contributed by atoms with Gasteiger partial charge < -0.3 is 15.7 Å². The van der Waals surface area contributed by atoms with Crippen LogP contribution in [0.1, 0.15) is 32.6 Å². The van der Waals surface area contributed by atoms with Gasteiger partial charge in [-0.05, 0) is 38.3 Å². The van der Waals surface area contributed by atoms with Crippen LogP contribution in [0.4, 0.5) is 0 Å². The Morgan fingerprint density at radius 2 is 2.06 bits per heavy atom. The summed E-state index contributed by atoms with van der Waals surface area (Å²) in [5, 5.41) is 14.6. The number of piperidine rings is 1. The number of carboxylic acids is 1. The lowest BCUT2D eigenvalue weighted by molar-refractivity contribution is -0.142. The summed E-state index contributed by atoms with van der Waals surface area (Å²) in [4.78, 5) is 22.3. The number of nitrogens with one attached hydrogen (secondary N) is 2. The van der Waals surface area contributed by atoms with E-state index in [-0.39, 0.29) is 5.91 Å². The molecule has 5 nitrogen and oxygen atoms in total. The maximum absolute atomic E-state index is 11.6. The van der Waals surface area contributed by atoms with Gasteiger partial charge in [0, 0.05) is 6.42 Å². The van der Waals surface area contributed by atoms with Crippen molar-refractivity contribution in [3.63, 3.8) is 0 Å². The Kier molecular flexibility index (Phi) is 5.25. The minimum Gasteiger partial charge on any atom is -0.480 e. The van der Waals surface area contributed by atoms with E-state index >= 15 is 0 Å². The van der Waals surface area contributed by atoms with Gasteiger partial charge in [-0.3, -0.25) is 4.79 Å². The Labute approximate surface area is 95.6 Å². The van der Waals surface area contributed by atoms with E-state index in [0.717, 1.165) is 25.9 Å². The smallest absolute Gasteiger partial charge is 0.326 e. The molecule has 0 aliphatic carbocycles. The zero-order chi connectivity index (χ0) is 12.0. The summed E-state index contributed by atoms with van der Waals surface area (Å²) in [6.07, 6.45) is 2.87. The molecule has 1 aliphatic rings. The average molecular weight is 228 g/mol. The van der Waals surface area contributed by atoms with Gasteiger partial charge in [0.1, 0.15) is 6.04 Å². The largest absolute Gasteiger partial charge is 0.480 e. The fourth-order valence-electron chi connectivity index (χ4n) is 1.94. The van der Waals surface area contributed by atoms with Gasteiger partial charge in [0.2, 0.25) is 5.91 Å². The molecule has 1 unspecified atom stereocenters. The molecule has 5 heteroatoms. The van der Waals surface area contributed by atoms with E-state index in [1.165, 1.54) is 0 Å². The number of carbonyl (C=O) groups is 2. The molecule has 0 aromatic heterocycles. The number of amides is 1. The zero-order valence-electron chi connectivity index (χ0n) is 9.66. The molecule has 1 amide bonds. The summed E-state index contributed by atoms with van der Waals surface area (Å²) in [6.45, 7) is 3.66. The van der Waals surface area contributed by atoms with Gasteiger partial charge in [-0.25, -0.2) is 4.79 Å². The highest BCUT2D eigenvalue weighted by molar-refractivity contribution is 5.83. The summed E-state index contributed by atoms with van der Waals surface area (Å²) in [5.74, 6) is -0.699. The Hall–Kier alpha value is -1.10. The molecule has 0 aromatic carbocycles. The molecular weight excluding hydrogens is 208 g/mol. The number of hydrogen-bond acceptors (Lipinski definition) is 3. The first-order valence-electron chi connectivity index (χ1n) is 5.86. The molecule has 3 N–H and O–H groups in total. The molecule has 16 heavy (non-hydrogen) atoms. The minimum atomic E-state index is -0.957. The van der Waals surface area contributed by atoms with Gasteiger partial charge in [-0.2, -0.15) is 0 Å². The van der Waals surface area contributed by atoms with E-state index in [1.807, 2.05) is 0 Å². The first-order valence-corrected chi connectivity index (χ1v) is 5.86. The van der Waals surface area contributed by atoms with Crippen LogP contribution < -0.4 is 10.6 Å². The van der Waals surface area contributed by atoms with Crippen molar-refractivity contribution in [3.8, 4) is 0 Å². The van der Waals surface area contributed by atoms with Crippen molar-refractivity contribution in [2.45, 2.75) is 38.6 Å². The molecule has 0 spiro atoms. The second-order valence-corrected chi connectivity index (χ2v) is 4.26. The lowest BCUT2D eigenvalue weighted by atomic mass is 9.94. The summed E-state index contributed by atoms with van der Waals surface area (Å²) < 4.78 is 0. The summed E-state index contributed by atoms with van der Waals surface area (Å²) in [7, 11) is 0. The zero-order valence-corrected chi connectivity index (χ0v) is 9.66. The molecule has 1 saturated heterocycles. The van der Waals surface area contributed by atoms with Crippen LogP contribution in [-0.4, -0.2) is 36.1 Å². The molecule has 92 valence electrons. The normalized spacial score (nSPS) is 19.1. The fourth-order valence-corrected chi connectivity index (χ4v) is 1.94. The van der Waals surface area contributed by atoms with E-state index in [9.17, 15) is 9.59 Å². The average Bonchev–Trinajstić information content (AvgIpc) is 2.27. The fraction of sp³-hybridized carbons (Fsp3) is 0.818. The second kappa shape index (κ2) is 6.48. The summed E-state index contributed by atoms with van der Waals surface area (Å²) in [5.41, 5.74) is 0. The van der Waals surface area contributed by atoms with E-state index < -0.39 is 12.0 Å². The molecule has 0 radical (unpaired) electrons. The highest BCUT2D eigenvalue weighted by Crippen LogP contribution is 2.15. The molecule has 0 saturated carbocycles. The van der Waals surface area contributed by atoms with E-state index in [2.05, 4.69) is 10.6 Å². The van der Waals surface area contributed by atoms with Gasteiger partial charge in [-0.15, -0.1) is 0 Å². The number of hydrogen-bond donors (Lipinski definition) is 3. The predicted molar refractivity (Wildman–Crippen MR) is 60.1 cm³/mol. The molecular formula is C11H20N2O3. The van der Waals surface area contributed by atoms with Crippen molar-refractivity contribution in [1.29, 1.82) is 0 Å². The number of aliphatic carboxylic acids is 1. The standard InChI is InChI=1S/C11H20N2O3/c1-2-9(11(15)16)13-10(14)7-8-3-5-12-6-4-8/h8-9,12H,2-7H2,1H3,(H,13,14)(H,15,16). The molecule has 0 bridgehead atoms. The Balaban J connectivity index is 2.31. The Bertz CT molecular complexity index is 250. The van der Waals surface area contributed by atoms with Crippen LogP contribution >= 0.6 is 0 Å². The van der Waals surface area contributed by atoms with Crippen LogP contribution in [0.25, 0.3) is 0 Å². The van der Waals surface area contributed by atoms with Gasteiger partial charge in [0.25, 0.3) is 0 Å². The Morgan fingerprint density at radius 3 is 2.56 bits per heavy atom. The van der Waals surface area contributed by atoms with Crippen molar-refractivity contribution in [1.82, 2.24) is 10.6 Å². The number of carbonyl (C=O) groups excluding carboxylic acids is 1. The van der Waals surface area contributed by atoms with E-state index in [4.69, 9.17) is 5.11 Å². The number of carboxylic acid groups (broad SMARTS) is 1. The lowest BCUT2D eigenvalue weighted by Gasteiger charge is -2.22. The summed E-state index contributed by atoms with van der Waals surface area (Å²) >= 11 is 0. The minimum absolute atomic E-state index is 0.138. The van der Waals surface area contributed by atoms with Gasteiger partial charge in [0.15, 0.2) is 0 Å². The van der Waals surface area contributed by atoms with Crippen molar-refractivity contribution < 1.29 is 14.7 Å². The van der Waals surface area contributed by atoms with Gasteiger partial charge >= 0.3 is 5.97 Å². The third kappa shape index (κ3) is 4.18. The van der Waals surface area contributed by atoms with Gasteiger partial charge in [0.05, 0.1) is 0 Å². The third-order valence-corrected chi connectivity index (χ3v) is 2.97. The SMILES string of the molecule is CCC(NC(=O)CC1CCNCC1)C(=O)O. The monoisotopic (exact) mass is 228 g/mol. The highest BCUT2D eigenvalue weighted by Gasteiger charge is 2.21. The maximum Gasteiger partial charge on any atom is 0.326 e. The van der Waals surface area contributed by atoms with Crippen LogP contribution in [0, 0.1) is 5.92 Å². The van der Waals surface area contributed by atoms with Crippen LogP contribution in [0.15, 0.2) is 0 Å². The highest BCUT2D eigenvalue weighted by atomic mass is 16.4. The van der Waals surface area contributed by atoms with E-state index in [0.29, 0.717) is 18.8 Å². The van der Waals surface area contributed by atoms with Crippen LogP contribution in [0.5, 0.6) is 0 Å². The molecule has 0 aromatic rings. The topological polar surface area (TPSA) is 78.4 Å². The molecule has 1 heterocycles. The lowest BCUT2D eigenvalue weighted by Crippen LogP contribution is -2.41. The second-order valence-electron chi connectivity index (χ2n) is 4.26. The molecule has 1 rings (SSSR count). The molecule has 1 atom stereocenters. The molecule has 1 aliphatic heterocycles. The van der Waals surface area contributed by atoms with Crippen LogP contribution in [-0.2, 0) is 9.59 Å². The van der Waals surface area contributed by atoms with Crippen LogP contribution in [0.3, 0.4) is 0 Å². The van der Waals surface area contributed by atoms with Gasteiger partial charge in [-0.1, -0.05) is 6.92 Å².